The van der Waals surface area contributed by atoms with Crippen LogP contribution in [0.5, 0.6) is 0 Å². The van der Waals surface area contributed by atoms with Crippen LogP contribution in [0.2, 0.25) is 0 Å². The van der Waals surface area contributed by atoms with E-state index >= 15 is 0 Å². The van der Waals surface area contributed by atoms with Crippen LogP contribution >= 0.6 is 0 Å². The van der Waals surface area contributed by atoms with Gasteiger partial charge < -0.3 is 19.3 Å². The fourth-order valence-electron chi connectivity index (χ4n) is 3.89. The third-order valence-electron chi connectivity index (χ3n) is 4.88. The molecule has 0 bridgehead atoms. The summed E-state index contributed by atoms with van der Waals surface area (Å²) in [7, 11) is 0. The second-order valence-electron chi connectivity index (χ2n) is 6.20. The average molecular weight is 285 g/mol. The lowest BCUT2D eigenvalue weighted by molar-refractivity contribution is -0.208. The number of likely N-dealkylation sites (tertiary alicyclic amines) is 1. The van der Waals surface area contributed by atoms with Gasteiger partial charge in [-0.05, 0) is 32.7 Å². The first-order valence-corrected chi connectivity index (χ1v) is 8.04. The van der Waals surface area contributed by atoms with E-state index in [0.717, 1.165) is 51.8 Å². The molecule has 3 atom stereocenters. The Balaban J connectivity index is 1.64. The zero-order valence-corrected chi connectivity index (χ0v) is 12.4. The molecule has 3 rings (SSSR count). The predicted molar refractivity (Wildman–Crippen MR) is 74.5 cm³/mol. The minimum atomic E-state index is -0.428. The fraction of sp³-hybridized carbons (Fsp3) is 1.00. The molecule has 0 aromatic rings. The summed E-state index contributed by atoms with van der Waals surface area (Å²) in [6, 6.07) is 0.144. The molecule has 116 valence electrons. The van der Waals surface area contributed by atoms with Gasteiger partial charge in [-0.2, -0.15) is 0 Å². The van der Waals surface area contributed by atoms with Gasteiger partial charge in [0.25, 0.3) is 0 Å². The maximum absolute atomic E-state index is 10.4. The highest BCUT2D eigenvalue weighted by atomic mass is 16.7. The second kappa shape index (κ2) is 6.28. The summed E-state index contributed by atoms with van der Waals surface area (Å²) in [5.74, 6) is -0.428. The van der Waals surface area contributed by atoms with Crippen molar-refractivity contribution in [3.8, 4) is 0 Å². The molecule has 2 aliphatic heterocycles. The monoisotopic (exact) mass is 285 g/mol. The van der Waals surface area contributed by atoms with E-state index in [1.807, 2.05) is 6.92 Å². The van der Waals surface area contributed by atoms with Crippen molar-refractivity contribution >= 4 is 0 Å². The summed E-state index contributed by atoms with van der Waals surface area (Å²) < 4.78 is 17.4. The van der Waals surface area contributed by atoms with E-state index in [4.69, 9.17) is 14.2 Å². The van der Waals surface area contributed by atoms with Crippen molar-refractivity contribution < 1.29 is 19.3 Å². The zero-order valence-electron chi connectivity index (χ0n) is 12.4. The summed E-state index contributed by atoms with van der Waals surface area (Å²) in [6.07, 6.45) is 4.67. The number of aliphatic hydroxyl groups excluding tert-OH is 1. The van der Waals surface area contributed by atoms with Crippen LogP contribution in [-0.2, 0) is 14.2 Å². The maximum atomic E-state index is 10.4. The van der Waals surface area contributed by atoms with E-state index < -0.39 is 5.79 Å². The van der Waals surface area contributed by atoms with Gasteiger partial charge in [-0.15, -0.1) is 0 Å². The number of hydrogen-bond donors (Lipinski definition) is 1. The van der Waals surface area contributed by atoms with E-state index in [-0.39, 0.29) is 12.1 Å². The number of aliphatic hydroxyl groups is 1. The predicted octanol–water partition coefficient (Wildman–Crippen LogP) is 1.14. The topological polar surface area (TPSA) is 51.2 Å². The van der Waals surface area contributed by atoms with Crippen molar-refractivity contribution in [2.75, 3.05) is 32.9 Å². The van der Waals surface area contributed by atoms with E-state index in [1.54, 1.807) is 0 Å². The van der Waals surface area contributed by atoms with Gasteiger partial charge in [-0.25, -0.2) is 0 Å². The fourth-order valence-corrected chi connectivity index (χ4v) is 3.89. The lowest BCUT2D eigenvalue weighted by atomic mass is 9.85. The maximum Gasteiger partial charge on any atom is 0.170 e. The van der Waals surface area contributed by atoms with Crippen LogP contribution in [0, 0.1) is 0 Å². The summed E-state index contributed by atoms with van der Waals surface area (Å²) >= 11 is 0. The molecular formula is C15H27NO4. The molecule has 5 nitrogen and oxygen atoms in total. The zero-order chi connectivity index (χ0) is 14.0. The molecule has 1 spiro atoms. The van der Waals surface area contributed by atoms with Gasteiger partial charge in [-0.1, -0.05) is 0 Å². The molecule has 0 aromatic heterocycles. The Kier molecular flexibility index (Phi) is 4.62. The molecule has 3 aliphatic rings. The Morgan fingerprint density at radius 3 is 2.85 bits per heavy atom. The molecule has 0 amide bonds. The first-order chi connectivity index (χ1) is 9.72. The van der Waals surface area contributed by atoms with Crippen LogP contribution in [0.1, 0.15) is 39.0 Å². The molecule has 1 N–H and O–H groups in total. The van der Waals surface area contributed by atoms with Crippen LogP contribution in [-0.4, -0.2) is 67.0 Å². The SMILES string of the molecule is CCOC1CCCN(C2CC3(CCC2O)OCCO3)C1. The molecule has 0 aromatic carbocycles. The van der Waals surface area contributed by atoms with Crippen molar-refractivity contribution in [2.24, 2.45) is 0 Å². The van der Waals surface area contributed by atoms with E-state index in [9.17, 15) is 5.11 Å². The van der Waals surface area contributed by atoms with Crippen molar-refractivity contribution in [2.45, 2.75) is 63.1 Å². The molecule has 2 saturated heterocycles. The summed E-state index contributed by atoms with van der Waals surface area (Å²) in [5.41, 5.74) is 0. The minimum absolute atomic E-state index is 0.144. The van der Waals surface area contributed by atoms with Gasteiger partial charge in [0.05, 0.1) is 25.4 Å². The van der Waals surface area contributed by atoms with Crippen LogP contribution in [0.25, 0.3) is 0 Å². The number of ether oxygens (including phenoxy) is 3. The second-order valence-corrected chi connectivity index (χ2v) is 6.20. The standard InChI is InChI=1S/C15H27NO4/c1-2-18-12-4-3-7-16(11-12)13-10-15(6-5-14(13)17)19-8-9-20-15/h12-14,17H,2-11H2,1H3. The highest BCUT2D eigenvalue weighted by Crippen LogP contribution is 2.38. The van der Waals surface area contributed by atoms with Crippen molar-refractivity contribution in [3.05, 3.63) is 0 Å². The molecule has 1 saturated carbocycles. The molecule has 1 aliphatic carbocycles. The Morgan fingerprint density at radius 2 is 2.10 bits per heavy atom. The quantitative estimate of drug-likeness (QED) is 0.843. The Bertz CT molecular complexity index is 317. The van der Waals surface area contributed by atoms with Crippen LogP contribution in [0.4, 0.5) is 0 Å². The number of hydrogen-bond acceptors (Lipinski definition) is 5. The molecule has 5 heteroatoms. The van der Waals surface area contributed by atoms with E-state index in [2.05, 4.69) is 4.90 Å². The molecule has 20 heavy (non-hydrogen) atoms. The largest absolute Gasteiger partial charge is 0.391 e. The lowest BCUT2D eigenvalue weighted by Crippen LogP contribution is -2.56. The summed E-state index contributed by atoms with van der Waals surface area (Å²) in [4.78, 5) is 2.39. The van der Waals surface area contributed by atoms with Gasteiger partial charge in [0, 0.05) is 32.0 Å². The molecule has 3 unspecified atom stereocenters. The Labute approximate surface area is 121 Å². The molecular weight excluding hydrogens is 258 g/mol. The van der Waals surface area contributed by atoms with Gasteiger partial charge in [0.1, 0.15) is 0 Å². The van der Waals surface area contributed by atoms with Crippen molar-refractivity contribution in [1.82, 2.24) is 4.90 Å². The molecule has 0 radical (unpaired) electrons. The Morgan fingerprint density at radius 1 is 1.30 bits per heavy atom. The highest BCUT2D eigenvalue weighted by molar-refractivity contribution is 4.94. The third kappa shape index (κ3) is 3.02. The first-order valence-electron chi connectivity index (χ1n) is 8.04. The highest BCUT2D eigenvalue weighted by Gasteiger charge is 2.47. The van der Waals surface area contributed by atoms with Crippen molar-refractivity contribution in [1.29, 1.82) is 0 Å². The number of piperidine rings is 1. The molecule has 2 heterocycles. The van der Waals surface area contributed by atoms with Gasteiger partial charge >= 0.3 is 0 Å². The van der Waals surface area contributed by atoms with E-state index in [1.165, 1.54) is 0 Å². The lowest BCUT2D eigenvalue weighted by Gasteiger charge is -2.46. The van der Waals surface area contributed by atoms with Gasteiger partial charge in [0.2, 0.25) is 0 Å². The Hall–Kier alpha value is -0.200. The smallest absolute Gasteiger partial charge is 0.170 e. The summed E-state index contributed by atoms with van der Waals surface area (Å²) in [5, 5.41) is 10.4. The average Bonchev–Trinajstić information content (AvgIpc) is 2.91. The van der Waals surface area contributed by atoms with Gasteiger partial charge in [-0.3, -0.25) is 4.90 Å². The van der Waals surface area contributed by atoms with Crippen LogP contribution in [0.15, 0.2) is 0 Å². The normalized spacial score (nSPS) is 38.4. The van der Waals surface area contributed by atoms with E-state index in [0.29, 0.717) is 19.3 Å². The minimum Gasteiger partial charge on any atom is -0.391 e. The summed E-state index contributed by atoms with van der Waals surface area (Å²) in [6.45, 7) is 6.15. The van der Waals surface area contributed by atoms with Gasteiger partial charge in [0.15, 0.2) is 5.79 Å². The first kappa shape index (κ1) is 14.7. The van der Waals surface area contributed by atoms with Crippen LogP contribution < -0.4 is 0 Å². The van der Waals surface area contributed by atoms with Crippen molar-refractivity contribution in [3.63, 3.8) is 0 Å². The molecule has 3 fully saturated rings. The van der Waals surface area contributed by atoms with Crippen LogP contribution in [0.3, 0.4) is 0 Å². The third-order valence-corrected chi connectivity index (χ3v) is 4.88. The number of rotatable bonds is 3. The number of nitrogens with zero attached hydrogens (tertiary/aromatic N) is 1.